The highest BCUT2D eigenvalue weighted by Gasteiger charge is 2.36. The van der Waals surface area contributed by atoms with Gasteiger partial charge in [0.2, 0.25) is 5.91 Å². The molecule has 1 rings (SSSR count). The Bertz CT molecular complexity index is 346. The van der Waals surface area contributed by atoms with Gasteiger partial charge in [0.1, 0.15) is 0 Å². The molecule has 1 amide bonds. The molecule has 0 aromatic rings. The summed E-state index contributed by atoms with van der Waals surface area (Å²) in [7, 11) is -2.94. The normalized spacial score (nSPS) is 20.8. The smallest absolute Gasteiger partial charge is 0.242 e. The van der Waals surface area contributed by atoms with E-state index in [1.807, 2.05) is 13.8 Å². The fourth-order valence-electron chi connectivity index (χ4n) is 1.78. The van der Waals surface area contributed by atoms with E-state index in [1.54, 1.807) is 4.90 Å². The molecule has 1 fully saturated rings. The highest BCUT2D eigenvalue weighted by molar-refractivity contribution is 7.91. The standard InChI is InChI=1S/C10H20N2O3S/c1-3-10(11,4-2)9(13)12-5-7-16(14,15)8-6-12/h3-8,11H2,1-2H3. The minimum atomic E-state index is -2.94. The number of hydrogen-bond donors (Lipinski definition) is 1. The van der Waals surface area contributed by atoms with Gasteiger partial charge in [-0.2, -0.15) is 0 Å². The molecule has 1 aliphatic heterocycles. The number of carbonyl (C=O) groups is 1. The molecule has 0 atom stereocenters. The molecule has 1 heterocycles. The van der Waals surface area contributed by atoms with Crippen LogP contribution in [0.5, 0.6) is 0 Å². The highest BCUT2D eigenvalue weighted by atomic mass is 32.2. The van der Waals surface area contributed by atoms with Crippen LogP contribution in [0.1, 0.15) is 26.7 Å². The van der Waals surface area contributed by atoms with E-state index >= 15 is 0 Å². The molecule has 5 nitrogen and oxygen atoms in total. The third kappa shape index (κ3) is 2.74. The Hall–Kier alpha value is -0.620. The lowest BCUT2D eigenvalue weighted by molar-refractivity contribution is -0.137. The Labute approximate surface area is 96.9 Å². The van der Waals surface area contributed by atoms with E-state index in [-0.39, 0.29) is 30.5 Å². The third-order valence-electron chi connectivity index (χ3n) is 3.32. The van der Waals surface area contributed by atoms with Gasteiger partial charge in [0, 0.05) is 13.1 Å². The Morgan fingerprint density at radius 2 is 1.69 bits per heavy atom. The van der Waals surface area contributed by atoms with Gasteiger partial charge in [-0.15, -0.1) is 0 Å². The lowest BCUT2D eigenvalue weighted by atomic mass is 9.92. The van der Waals surface area contributed by atoms with Gasteiger partial charge < -0.3 is 10.6 Å². The van der Waals surface area contributed by atoms with E-state index in [0.717, 1.165) is 0 Å². The van der Waals surface area contributed by atoms with Gasteiger partial charge in [-0.3, -0.25) is 4.79 Å². The average Bonchev–Trinajstić information content (AvgIpc) is 2.27. The SMILES string of the molecule is CCC(N)(CC)C(=O)N1CCS(=O)(=O)CC1. The fraction of sp³-hybridized carbons (Fsp3) is 0.900. The summed E-state index contributed by atoms with van der Waals surface area (Å²) in [4.78, 5) is 13.7. The first-order chi connectivity index (χ1) is 7.34. The monoisotopic (exact) mass is 248 g/mol. The summed E-state index contributed by atoms with van der Waals surface area (Å²) in [6.07, 6.45) is 1.15. The van der Waals surface area contributed by atoms with Gasteiger partial charge in [-0.1, -0.05) is 13.8 Å². The van der Waals surface area contributed by atoms with Gasteiger partial charge in [0.15, 0.2) is 9.84 Å². The molecule has 94 valence electrons. The molecule has 0 aromatic carbocycles. The summed E-state index contributed by atoms with van der Waals surface area (Å²) in [5.41, 5.74) is 5.17. The summed E-state index contributed by atoms with van der Waals surface area (Å²) < 4.78 is 22.5. The molecule has 0 aromatic heterocycles. The van der Waals surface area contributed by atoms with Crippen molar-refractivity contribution >= 4 is 15.7 Å². The summed E-state index contributed by atoms with van der Waals surface area (Å²) >= 11 is 0. The van der Waals surface area contributed by atoms with Crippen LogP contribution in [0.4, 0.5) is 0 Å². The third-order valence-corrected chi connectivity index (χ3v) is 4.93. The van der Waals surface area contributed by atoms with Gasteiger partial charge in [-0.05, 0) is 12.8 Å². The first-order valence-electron chi connectivity index (χ1n) is 5.63. The first kappa shape index (κ1) is 13.4. The lowest BCUT2D eigenvalue weighted by Gasteiger charge is -2.35. The molecule has 1 saturated heterocycles. The van der Waals surface area contributed by atoms with E-state index in [2.05, 4.69) is 0 Å². The van der Waals surface area contributed by atoms with Gasteiger partial charge in [0.05, 0.1) is 17.0 Å². The van der Waals surface area contributed by atoms with Crippen molar-refractivity contribution in [2.75, 3.05) is 24.6 Å². The first-order valence-corrected chi connectivity index (χ1v) is 7.45. The molecule has 16 heavy (non-hydrogen) atoms. The zero-order valence-electron chi connectivity index (χ0n) is 9.90. The second kappa shape index (κ2) is 4.71. The van der Waals surface area contributed by atoms with Crippen LogP contribution in [-0.4, -0.2) is 49.4 Å². The number of carbonyl (C=O) groups excluding carboxylic acids is 1. The van der Waals surface area contributed by atoms with Crippen molar-refractivity contribution in [3.8, 4) is 0 Å². The topological polar surface area (TPSA) is 80.5 Å². The molecule has 0 spiro atoms. The zero-order chi connectivity index (χ0) is 12.4. The van der Waals surface area contributed by atoms with E-state index in [9.17, 15) is 13.2 Å². The van der Waals surface area contributed by atoms with Crippen LogP contribution in [0, 0.1) is 0 Å². The Kier molecular flexibility index (Phi) is 3.96. The van der Waals surface area contributed by atoms with Gasteiger partial charge in [0.25, 0.3) is 0 Å². The summed E-state index contributed by atoms with van der Waals surface area (Å²) in [6.45, 7) is 4.31. The van der Waals surface area contributed by atoms with Crippen molar-refractivity contribution < 1.29 is 13.2 Å². The second-order valence-electron chi connectivity index (χ2n) is 4.31. The Morgan fingerprint density at radius 1 is 1.25 bits per heavy atom. The van der Waals surface area contributed by atoms with E-state index in [4.69, 9.17) is 5.73 Å². The molecule has 1 aliphatic rings. The largest absolute Gasteiger partial charge is 0.339 e. The number of nitrogens with two attached hydrogens (primary N) is 1. The molecule has 0 radical (unpaired) electrons. The van der Waals surface area contributed by atoms with Crippen molar-refractivity contribution in [2.24, 2.45) is 5.73 Å². The summed E-state index contributed by atoms with van der Waals surface area (Å²) in [5.74, 6) is -0.00258. The lowest BCUT2D eigenvalue weighted by Crippen LogP contribution is -2.57. The molecular formula is C10H20N2O3S. The van der Waals surface area contributed by atoms with Crippen LogP contribution in [-0.2, 0) is 14.6 Å². The van der Waals surface area contributed by atoms with Crippen LogP contribution in [0.25, 0.3) is 0 Å². The average molecular weight is 248 g/mol. The molecule has 2 N–H and O–H groups in total. The van der Waals surface area contributed by atoms with Gasteiger partial charge >= 0.3 is 0 Å². The molecule has 0 aliphatic carbocycles. The van der Waals surface area contributed by atoms with Gasteiger partial charge in [-0.25, -0.2) is 8.42 Å². The molecule has 6 heteroatoms. The van der Waals surface area contributed by atoms with E-state index in [1.165, 1.54) is 0 Å². The van der Waals surface area contributed by atoms with Crippen LogP contribution in [0.3, 0.4) is 0 Å². The number of amides is 1. The van der Waals surface area contributed by atoms with Crippen molar-refractivity contribution in [1.82, 2.24) is 4.90 Å². The van der Waals surface area contributed by atoms with Crippen molar-refractivity contribution in [2.45, 2.75) is 32.2 Å². The van der Waals surface area contributed by atoms with Crippen LogP contribution < -0.4 is 5.73 Å². The predicted molar refractivity (Wildman–Crippen MR) is 62.7 cm³/mol. The van der Waals surface area contributed by atoms with Crippen LogP contribution in [0.2, 0.25) is 0 Å². The number of hydrogen-bond acceptors (Lipinski definition) is 4. The second-order valence-corrected chi connectivity index (χ2v) is 6.61. The zero-order valence-corrected chi connectivity index (χ0v) is 10.7. The number of nitrogens with zero attached hydrogens (tertiary/aromatic N) is 1. The summed E-state index contributed by atoms with van der Waals surface area (Å²) in [6, 6.07) is 0. The Morgan fingerprint density at radius 3 is 2.06 bits per heavy atom. The minimum Gasteiger partial charge on any atom is -0.339 e. The molecule has 0 saturated carbocycles. The Balaban J connectivity index is 2.70. The quantitative estimate of drug-likeness (QED) is 0.747. The van der Waals surface area contributed by atoms with E-state index < -0.39 is 15.4 Å². The molecule has 0 unspecified atom stereocenters. The molecule has 0 bridgehead atoms. The maximum Gasteiger partial charge on any atom is 0.242 e. The number of sulfone groups is 1. The van der Waals surface area contributed by atoms with Crippen molar-refractivity contribution in [3.63, 3.8) is 0 Å². The van der Waals surface area contributed by atoms with Crippen molar-refractivity contribution in [1.29, 1.82) is 0 Å². The molecular weight excluding hydrogens is 228 g/mol. The highest BCUT2D eigenvalue weighted by Crippen LogP contribution is 2.17. The maximum atomic E-state index is 12.1. The minimum absolute atomic E-state index is 0.0578. The van der Waals surface area contributed by atoms with Crippen molar-refractivity contribution in [3.05, 3.63) is 0 Å². The van der Waals surface area contributed by atoms with E-state index in [0.29, 0.717) is 12.8 Å². The maximum absolute atomic E-state index is 12.1. The summed E-state index contributed by atoms with van der Waals surface area (Å²) in [5, 5.41) is 0. The van der Waals surface area contributed by atoms with Crippen LogP contribution in [0.15, 0.2) is 0 Å². The number of rotatable bonds is 3. The fourth-order valence-corrected chi connectivity index (χ4v) is 2.98. The predicted octanol–water partition coefficient (Wildman–Crippen LogP) is -0.239. The van der Waals surface area contributed by atoms with Crippen LogP contribution >= 0.6 is 0 Å².